The third-order valence-electron chi connectivity index (χ3n) is 4.59. The van der Waals surface area contributed by atoms with Crippen LogP contribution in [0.15, 0.2) is 6.20 Å². The highest BCUT2D eigenvalue weighted by Crippen LogP contribution is 2.38. The van der Waals surface area contributed by atoms with Gasteiger partial charge in [-0.05, 0) is 45.4 Å². The fourth-order valence-electron chi connectivity index (χ4n) is 3.16. The van der Waals surface area contributed by atoms with E-state index in [-0.39, 0.29) is 11.6 Å². The number of aromatic nitrogens is 2. The van der Waals surface area contributed by atoms with Gasteiger partial charge in [-0.3, -0.25) is 10.2 Å². The monoisotopic (exact) mass is 339 g/mol. The molecule has 1 heterocycles. The number of H-pyrrole nitrogens is 1. The zero-order valence-electron chi connectivity index (χ0n) is 13.8. The van der Waals surface area contributed by atoms with E-state index in [2.05, 4.69) is 15.3 Å². The molecule has 1 amide bonds. The van der Waals surface area contributed by atoms with Gasteiger partial charge in [0.1, 0.15) is 11.5 Å². The van der Waals surface area contributed by atoms with Gasteiger partial charge in [0, 0.05) is 5.92 Å². The quantitative estimate of drug-likeness (QED) is 0.598. The third kappa shape index (κ3) is 4.24. The molecule has 1 aliphatic carbocycles. The molecule has 4 N–H and O–H groups in total. The van der Waals surface area contributed by atoms with Gasteiger partial charge in [-0.25, -0.2) is 13.8 Å². The summed E-state index contributed by atoms with van der Waals surface area (Å²) in [5, 5.41) is 17.8. The summed E-state index contributed by atoms with van der Waals surface area (Å²) in [7, 11) is 0. The van der Waals surface area contributed by atoms with Crippen LogP contribution in [-0.4, -0.2) is 33.7 Å². The summed E-state index contributed by atoms with van der Waals surface area (Å²) in [6.45, 7) is 3.17. The van der Waals surface area contributed by atoms with Gasteiger partial charge >= 0.3 is 0 Å². The van der Waals surface area contributed by atoms with E-state index in [4.69, 9.17) is 10.8 Å². The minimum Gasteiger partial charge on any atom is -0.344 e. The number of aromatic amines is 1. The van der Waals surface area contributed by atoms with Gasteiger partial charge in [-0.15, -0.1) is 0 Å². The Bertz CT molecular complexity index is 620. The highest BCUT2D eigenvalue weighted by Gasteiger charge is 2.34. The maximum atomic E-state index is 12.8. The minimum absolute atomic E-state index is 0.00244. The SMILES string of the molecule is CC(=N)C(=N)C(=O)NC(c1cnc(C)[nH]1)C1CCC(C(F)F)CC1. The summed E-state index contributed by atoms with van der Waals surface area (Å²) < 4.78 is 25.7. The Morgan fingerprint density at radius 1 is 1.29 bits per heavy atom. The van der Waals surface area contributed by atoms with E-state index in [9.17, 15) is 13.6 Å². The van der Waals surface area contributed by atoms with Gasteiger partial charge in [-0.2, -0.15) is 0 Å². The van der Waals surface area contributed by atoms with Gasteiger partial charge in [-0.1, -0.05) is 0 Å². The van der Waals surface area contributed by atoms with E-state index in [1.165, 1.54) is 6.92 Å². The molecule has 0 spiro atoms. The number of imidazole rings is 1. The normalized spacial score (nSPS) is 22.2. The molecular formula is C16H23F2N5O. The van der Waals surface area contributed by atoms with Crippen LogP contribution < -0.4 is 5.32 Å². The first-order valence-electron chi connectivity index (χ1n) is 8.04. The minimum atomic E-state index is -2.30. The summed E-state index contributed by atoms with van der Waals surface area (Å²) in [5.74, 6) is -0.509. The van der Waals surface area contributed by atoms with Crippen LogP contribution in [-0.2, 0) is 4.79 Å². The summed E-state index contributed by atoms with van der Waals surface area (Å²) in [6, 6.07) is -0.419. The van der Waals surface area contributed by atoms with Crippen molar-refractivity contribution in [2.45, 2.75) is 52.0 Å². The Morgan fingerprint density at radius 3 is 2.33 bits per heavy atom. The second kappa shape index (κ2) is 7.63. The number of hydrogen-bond acceptors (Lipinski definition) is 4. The lowest BCUT2D eigenvalue weighted by molar-refractivity contribution is -0.116. The van der Waals surface area contributed by atoms with E-state index in [1.54, 1.807) is 13.1 Å². The van der Waals surface area contributed by atoms with Crippen molar-refractivity contribution in [3.05, 3.63) is 17.7 Å². The number of aryl methyl sites for hydroxylation is 1. The number of nitrogens with one attached hydrogen (secondary N) is 4. The van der Waals surface area contributed by atoms with E-state index >= 15 is 0 Å². The molecule has 0 aliphatic heterocycles. The molecule has 8 heteroatoms. The second-order valence-corrected chi connectivity index (χ2v) is 6.38. The van der Waals surface area contributed by atoms with Crippen molar-refractivity contribution in [1.82, 2.24) is 15.3 Å². The number of amides is 1. The fourth-order valence-corrected chi connectivity index (χ4v) is 3.16. The van der Waals surface area contributed by atoms with Crippen LogP contribution in [0.4, 0.5) is 8.78 Å². The Labute approximate surface area is 139 Å². The van der Waals surface area contributed by atoms with Gasteiger partial charge in [0.15, 0.2) is 0 Å². The van der Waals surface area contributed by atoms with E-state index in [0.717, 1.165) is 0 Å². The van der Waals surface area contributed by atoms with Crippen LogP contribution >= 0.6 is 0 Å². The molecule has 1 saturated carbocycles. The molecule has 2 rings (SSSR count). The van der Waals surface area contributed by atoms with Crippen molar-refractivity contribution < 1.29 is 13.6 Å². The topological polar surface area (TPSA) is 105 Å². The molecule has 1 aliphatic rings. The molecule has 0 saturated heterocycles. The van der Waals surface area contributed by atoms with Gasteiger partial charge in [0.25, 0.3) is 5.91 Å². The molecule has 1 fully saturated rings. The Balaban J connectivity index is 2.14. The second-order valence-electron chi connectivity index (χ2n) is 6.38. The lowest BCUT2D eigenvalue weighted by Gasteiger charge is -2.33. The van der Waals surface area contributed by atoms with Crippen molar-refractivity contribution in [2.24, 2.45) is 11.8 Å². The zero-order chi connectivity index (χ0) is 17.9. The number of halogens is 2. The number of hydrogen-bond donors (Lipinski definition) is 4. The third-order valence-corrected chi connectivity index (χ3v) is 4.59. The molecule has 1 aromatic heterocycles. The molecule has 1 unspecified atom stereocenters. The van der Waals surface area contributed by atoms with Crippen LogP contribution in [0, 0.1) is 29.6 Å². The Kier molecular flexibility index (Phi) is 5.80. The largest absolute Gasteiger partial charge is 0.344 e. The molecular weight excluding hydrogens is 316 g/mol. The van der Waals surface area contributed by atoms with Gasteiger partial charge in [0.05, 0.1) is 23.6 Å². The molecule has 0 radical (unpaired) electrons. The number of carbonyl (C=O) groups excluding carboxylic acids is 1. The highest BCUT2D eigenvalue weighted by molar-refractivity contribution is 6.64. The van der Waals surface area contributed by atoms with Crippen molar-refractivity contribution in [1.29, 1.82) is 10.8 Å². The highest BCUT2D eigenvalue weighted by atomic mass is 19.3. The smallest absolute Gasteiger partial charge is 0.271 e. The summed E-state index contributed by atoms with van der Waals surface area (Å²) >= 11 is 0. The summed E-state index contributed by atoms with van der Waals surface area (Å²) in [6.07, 6.45) is 1.32. The first-order valence-corrected chi connectivity index (χ1v) is 8.04. The summed E-state index contributed by atoms with van der Waals surface area (Å²) in [4.78, 5) is 19.4. The first kappa shape index (κ1) is 18.2. The standard InChI is InChI=1S/C16H23F2N5O/c1-8(19)13(20)16(24)23-14(12-7-21-9(2)22-12)10-3-5-11(6-4-10)15(17)18/h7,10-11,14-15,19-20H,3-6H2,1-2H3,(H,21,22)(H,23,24). The van der Waals surface area contributed by atoms with Crippen LogP contribution in [0.2, 0.25) is 0 Å². The van der Waals surface area contributed by atoms with Crippen molar-refractivity contribution in [3.8, 4) is 0 Å². The number of alkyl halides is 2. The number of rotatable bonds is 6. The van der Waals surface area contributed by atoms with E-state index < -0.39 is 30.0 Å². The number of nitrogens with zero attached hydrogens (tertiary/aromatic N) is 1. The Hall–Kier alpha value is -2.12. The number of carbonyl (C=O) groups is 1. The summed E-state index contributed by atoms with van der Waals surface area (Å²) in [5.41, 5.74) is 0.197. The Morgan fingerprint density at radius 2 is 1.88 bits per heavy atom. The van der Waals surface area contributed by atoms with Crippen molar-refractivity contribution in [3.63, 3.8) is 0 Å². The van der Waals surface area contributed by atoms with Crippen LogP contribution in [0.1, 0.15) is 50.2 Å². The predicted molar refractivity (Wildman–Crippen MR) is 86.8 cm³/mol. The van der Waals surface area contributed by atoms with Crippen LogP contribution in [0.5, 0.6) is 0 Å². The average Bonchev–Trinajstić information content (AvgIpc) is 2.97. The van der Waals surface area contributed by atoms with Crippen LogP contribution in [0.3, 0.4) is 0 Å². The van der Waals surface area contributed by atoms with Crippen LogP contribution in [0.25, 0.3) is 0 Å². The predicted octanol–water partition coefficient (Wildman–Crippen LogP) is 3.01. The molecule has 0 bridgehead atoms. The van der Waals surface area contributed by atoms with Crippen molar-refractivity contribution in [2.75, 3.05) is 0 Å². The molecule has 0 aromatic carbocycles. The molecule has 1 atom stereocenters. The fraction of sp³-hybridized carbons (Fsp3) is 0.625. The average molecular weight is 339 g/mol. The maximum Gasteiger partial charge on any atom is 0.271 e. The molecule has 6 nitrogen and oxygen atoms in total. The van der Waals surface area contributed by atoms with E-state index in [0.29, 0.717) is 37.2 Å². The van der Waals surface area contributed by atoms with Gasteiger partial charge in [0.2, 0.25) is 6.43 Å². The van der Waals surface area contributed by atoms with Crippen molar-refractivity contribution >= 4 is 17.3 Å². The molecule has 24 heavy (non-hydrogen) atoms. The lowest BCUT2D eigenvalue weighted by Crippen LogP contribution is -2.41. The van der Waals surface area contributed by atoms with Gasteiger partial charge < -0.3 is 15.7 Å². The maximum absolute atomic E-state index is 12.8. The lowest BCUT2D eigenvalue weighted by atomic mass is 9.78. The molecule has 132 valence electrons. The zero-order valence-corrected chi connectivity index (χ0v) is 13.8. The van der Waals surface area contributed by atoms with E-state index in [1.807, 2.05) is 0 Å². The first-order chi connectivity index (χ1) is 11.3. The molecule has 1 aromatic rings.